The van der Waals surface area contributed by atoms with Crippen molar-refractivity contribution < 1.29 is 14.7 Å². The molecule has 2 aliphatic heterocycles. The minimum atomic E-state index is -0.730. The van der Waals surface area contributed by atoms with Crippen LogP contribution in [0.4, 0.5) is 4.79 Å². The van der Waals surface area contributed by atoms with Crippen molar-refractivity contribution in [2.75, 3.05) is 26.2 Å². The summed E-state index contributed by atoms with van der Waals surface area (Å²) >= 11 is 0. The van der Waals surface area contributed by atoms with Crippen LogP contribution in [0.1, 0.15) is 26.2 Å². The van der Waals surface area contributed by atoms with Crippen molar-refractivity contribution in [2.45, 2.75) is 26.2 Å². The van der Waals surface area contributed by atoms with Crippen LogP contribution in [-0.4, -0.2) is 53.1 Å². The Labute approximate surface area is 101 Å². The van der Waals surface area contributed by atoms with Crippen LogP contribution in [-0.2, 0) is 4.79 Å². The van der Waals surface area contributed by atoms with Crippen LogP contribution >= 0.6 is 0 Å². The minimum absolute atomic E-state index is 0.0955. The number of carboxylic acids is 1. The number of nitrogens with zero attached hydrogens (tertiary/aromatic N) is 2. The van der Waals surface area contributed by atoms with Crippen LogP contribution in [0.3, 0.4) is 0 Å². The number of carbonyl (C=O) groups excluding carboxylic acids is 1. The largest absolute Gasteiger partial charge is 0.481 e. The van der Waals surface area contributed by atoms with E-state index in [1.807, 2.05) is 4.90 Å². The van der Waals surface area contributed by atoms with Gasteiger partial charge in [-0.05, 0) is 25.2 Å². The zero-order chi connectivity index (χ0) is 12.4. The van der Waals surface area contributed by atoms with Crippen molar-refractivity contribution >= 4 is 12.0 Å². The third kappa shape index (κ3) is 2.70. The summed E-state index contributed by atoms with van der Waals surface area (Å²) in [7, 11) is 0. The molecule has 2 amide bonds. The Morgan fingerprint density at radius 1 is 1.06 bits per heavy atom. The van der Waals surface area contributed by atoms with E-state index in [9.17, 15) is 9.59 Å². The van der Waals surface area contributed by atoms with E-state index in [1.165, 1.54) is 0 Å². The average molecular weight is 240 g/mol. The summed E-state index contributed by atoms with van der Waals surface area (Å²) in [5.74, 6) is -0.404. The van der Waals surface area contributed by atoms with Gasteiger partial charge in [-0.1, -0.05) is 6.92 Å². The molecule has 5 heteroatoms. The molecule has 0 aromatic carbocycles. The van der Waals surface area contributed by atoms with Crippen LogP contribution < -0.4 is 0 Å². The molecule has 0 aromatic rings. The third-order valence-corrected chi connectivity index (χ3v) is 3.81. The lowest BCUT2D eigenvalue weighted by Gasteiger charge is -2.33. The smallest absolute Gasteiger partial charge is 0.320 e. The second-order valence-electron chi connectivity index (χ2n) is 5.22. The number of likely N-dealkylation sites (tertiary alicyclic amines) is 2. The fraction of sp³-hybridized carbons (Fsp3) is 0.833. The highest BCUT2D eigenvalue weighted by atomic mass is 16.4. The standard InChI is InChI=1S/C12H20N2O3/c1-9-2-5-14(8-9)12(17)13-6-3-10(4-7-13)11(15)16/h9-10H,2-8H2,1H3,(H,15,16). The van der Waals surface area contributed by atoms with Gasteiger partial charge in [-0.25, -0.2) is 4.79 Å². The zero-order valence-corrected chi connectivity index (χ0v) is 10.3. The fourth-order valence-corrected chi connectivity index (χ4v) is 2.63. The van der Waals surface area contributed by atoms with E-state index in [4.69, 9.17) is 5.11 Å². The van der Waals surface area contributed by atoms with Gasteiger partial charge < -0.3 is 14.9 Å². The van der Waals surface area contributed by atoms with Gasteiger partial charge in [-0.2, -0.15) is 0 Å². The quantitative estimate of drug-likeness (QED) is 0.750. The number of urea groups is 1. The molecular formula is C12H20N2O3. The van der Waals surface area contributed by atoms with Gasteiger partial charge in [0.05, 0.1) is 5.92 Å². The molecule has 2 rings (SSSR count). The normalized spacial score (nSPS) is 26.3. The van der Waals surface area contributed by atoms with Gasteiger partial charge in [0.25, 0.3) is 0 Å². The van der Waals surface area contributed by atoms with Gasteiger partial charge in [-0.3, -0.25) is 4.79 Å². The van der Waals surface area contributed by atoms with E-state index in [1.54, 1.807) is 4.90 Å². The first kappa shape index (κ1) is 12.2. The summed E-state index contributed by atoms with van der Waals surface area (Å²) < 4.78 is 0. The van der Waals surface area contributed by atoms with Crippen molar-refractivity contribution in [3.63, 3.8) is 0 Å². The van der Waals surface area contributed by atoms with E-state index < -0.39 is 5.97 Å². The molecule has 0 spiro atoms. The maximum absolute atomic E-state index is 12.1. The Balaban J connectivity index is 1.84. The summed E-state index contributed by atoms with van der Waals surface area (Å²) in [5, 5.41) is 8.90. The highest BCUT2D eigenvalue weighted by Gasteiger charge is 2.31. The van der Waals surface area contributed by atoms with Crippen molar-refractivity contribution in [3.05, 3.63) is 0 Å². The van der Waals surface area contributed by atoms with Crippen LogP contribution in [0.25, 0.3) is 0 Å². The monoisotopic (exact) mass is 240 g/mol. The number of rotatable bonds is 1. The predicted octanol–water partition coefficient (Wildman–Crippen LogP) is 1.24. The average Bonchev–Trinajstić information content (AvgIpc) is 2.75. The number of carbonyl (C=O) groups is 2. The Morgan fingerprint density at radius 3 is 2.12 bits per heavy atom. The molecule has 2 saturated heterocycles. The molecule has 0 saturated carbocycles. The molecule has 5 nitrogen and oxygen atoms in total. The number of piperidine rings is 1. The second kappa shape index (κ2) is 4.94. The molecule has 1 atom stereocenters. The first-order valence-electron chi connectivity index (χ1n) is 6.34. The lowest BCUT2D eigenvalue weighted by Crippen LogP contribution is -2.46. The van der Waals surface area contributed by atoms with Gasteiger partial charge >= 0.3 is 12.0 Å². The molecule has 96 valence electrons. The van der Waals surface area contributed by atoms with Gasteiger partial charge in [-0.15, -0.1) is 0 Å². The Morgan fingerprint density at radius 2 is 1.65 bits per heavy atom. The van der Waals surface area contributed by atoms with E-state index in [0.717, 1.165) is 19.5 Å². The summed E-state index contributed by atoms with van der Waals surface area (Å²) in [5.41, 5.74) is 0. The molecule has 2 fully saturated rings. The van der Waals surface area contributed by atoms with Crippen molar-refractivity contribution in [1.29, 1.82) is 0 Å². The molecule has 1 N–H and O–H groups in total. The first-order valence-corrected chi connectivity index (χ1v) is 6.34. The highest BCUT2D eigenvalue weighted by molar-refractivity contribution is 5.75. The molecule has 2 heterocycles. The van der Waals surface area contributed by atoms with E-state index >= 15 is 0 Å². The topological polar surface area (TPSA) is 60.9 Å². The van der Waals surface area contributed by atoms with Gasteiger partial charge in [0, 0.05) is 26.2 Å². The van der Waals surface area contributed by atoms with E-state index in [0.29, 0.717) is 31.8 Å². The van der Waals surface area contributed by atoms with Crippen LogP contribution in [0, 0.1) is 11.8 Å². The zero-order valence-electron chi connectivity index (χ0n) is 10.3. The van der Waals surface area contributed by atoms with E-state index in [-0.39, 0.29) is 11.9 Å². The molecule has 1 unspecified atom stereocenters. The SMILES string of the molecule is CC1CCN(C(=O)N2CCC(C(=O)O)CC2)C1. The first-order chi connectivity index (χ1) is 8.08. The molecule has 0 radical (unpaired) electrons. The van der Waals surface area contributed by atoms with Crippen LogP contribution in [0.5, 0.6) is 0 Å². The molecular weight excluding hydrogens is 220 g/mol. The predicted molar refractivity (Wildman–Crippen MR) is 62.7 cm³/mol. The van der Waals surface area contributed by atoms with Gasteiger partial charge in [0.1, 0.15) is 0 Å². The lowest BCUT2D eigenvalue weighted by atomic mass is 9.97. The molecule has 0 bridgehead atoms. The third-order valence-electron chi connectivity index (χ3n) is 3.81. The maximum atomic E-state index is 12.1. The maximum Gasteiger partial charge on any atom is 0.320 e. The number of hydrogen-bond donors (Lipinski definition) is 1. The van der Waals surface area contributed by atoms with Crippen molar-refractivity contribution in [1.82, 2.24) is 9.80 Å². The Hall–Kier alpha value is -1.26. The molecule has 0 aromatic heterocycles. The van der Waals surface area contributed by atoms with E-state index in [2.05, 4.69) is 6.92 Å². The van der Waals surface area contributed by atoms with Crippen molar-refractivity contribution in [2.24, 2.45) is 11.8 Å². The molecule has 2 aliphatic rings. The summed E-state index contributed by atoms with van der Waals surface area (Å²) in [6.45, 7) is 5.02. The van der Waals surface area contributed by atoms with Crippen molar-refractivity contribution in [3.8, 4) is 0 Å². The number of aliphatic carboxylic acids is 1. The molecule has 0 aliphatic carbocycles. The Bertz CT molecular complexity index is 311. The van der Waals surface area contributed by atoms with Gasteiger partial charge in [0.2, 0.25) is 0 Å². The summed E-state index contributed by atoms with van der Waals surface area (Å²) in [6, 6.07) is 0.0955. The summed E-state index contributed by atoms with van der Waals surface area (Å²) in [6.07, 6.45) is 2.26. The Kier molecular flexibility index (Phi) is 3.54. The fourth-order valence-electron chi connectivity index (χ4n) is 2.63. The van der Waals surface area contributed by atoms with Gasteiger partial charge in [0.15, 0.2) is 0 Å². The number of amides is 2. The summed E-state index contributed by atoms with van der Waals surface area (Å²) in [4.78, 5) is 26.6. The molecule has 17 heavy (non-hydrogen) atoms. The lowest BCUT2D eigenvalue weighted by molar-refractivity contribution is -0.143. The van der Waals surface area contributed by atoms with Crippen LogP contribution in [0.2, 0.25) is 0 Å². The minimum Gasteiger partial charge on any atom is -0.481 e. The number of carboxylic acid groups (broad SMARTS) is 1. The number of hydrogen-bond acceptors (Lipinski definition) is 2. The second-order valence-corrected chi connectivity index (χ2v) is 5.22. The van der Waals surface area contributed by atoms with Crippen LogP contribution in [0.15, 0.2) is 0 Å². The highest BCUT2D eigenvalue weighted by Crippen LogP contribution is 2.21.